The summed E-state index contributed by atoms with van der Waals surface area (Å²) in [5, 5.41) is 3.03. The van der Waals surface area contributed by atoms with Crippen LogP contribution >= 0.6 is 36.2 Å². The SMILES string of the molecule is COCCNCC(=O)N(C)Cc1scnc1C.Cl.Cl. The summed E-state index contributed by atoms with van der Waals surface area (Å²) in [7, 11) is 3.45. The summed E-state index contributed by atoms with van der Waals surface area (Å²) in [5.74, 6) is 0.0777. The van der Waals surface area contributed by atoms with E-state index >= 15 is 0 Å². The van der Waals surface area contributed by atoms with Gasteiger partial charge in [0.05, 0.1) is 30.9 Å². The number of halogens is 2. The van der Waals surface area contributed by atoms with Gasteiger partial charge in [-0.15, -0.1) is 36.2 Å². The van der Waals surface area contributed by atoms with E-state index in [1.54, 1.807) is 35.9 Å². The van der Waals surface area contributed by atoms with Crippen molar-refractivity contribution in [1.29, 1.82) is 0 Å². The lowest BCUT2D eigenvalue weighted by Gasteiger charge is -2.16. The molecular formula is C11H21Cl2N3O2S. The minimum atomic E-state index is 0. The third-order valence-corrected chi connectivity index (χ3v) is 3.33. The van der Waals surface area contributed by atoms with Gasteiger partial charge in [-0.25, -0.2) is 4.98 Å². The van der Waals surface area contributed by atoms with Crippen molar-refractivity contribution in [3.63, 3.8) is 0 Å². The number of aryl methyl sites for hydroxylation is 1. The fourth-order valence-corrected chi connectivity index (χ4v) is 2.12. The molecule has 1 heterocycles. The lowest BCUT2D eigenvalue weighted by molar-refractivity contribution is -0.129. The van der Waals surface area contributed by atoms with E-state index < -0.39 is 0 Å². The summed E-state index contributed by atoms with van der Waals surface area (Å²) in [6.07, 6.45) is 0. The number of nitrogens with zero attached hydrogens (tertiary/aromatic N) is 2. The van der Waals surface area contributed by atoms with Crippen molar-refractivity contribution in [1.82, 2.24) is 15.2 Å². The first-order valence-electron chi connectivity index (χ1n) is 5.47. The molecule has 0 fully saturated rings. The Kier molecular flexibility index (Phi) is 12.6. The van der Waals surface area contributed by atoms with Crippen LogP contribution in [0.2, 0.25) is 0 Å². The summed E-state index contributed by atoms with van der Waals surface area (Å²) in [6.45, 7) is 4.24. The molecule has 1 rings (SSSR count). The lowest BCUT2D eigenvalue weighted by atomic mass is 10.3. The molecule has 0 saturated carbocycles. The number of nitrogens with one attached hydrogen (secondary N) is 1. The third-order valence-electron chi connectivity index (χ3n) is 2.41. The van der Waals surface area contributed by atoms with Gasteiger partial charge in [0.2, 0.25) is 5.91 Å². The van der Waals surface area contributed by atoms with Gasteiger partial charge in [-0.3, -0.25) is 4.79 Å². The highest BCUT2D eigenvalue weighted by Crippen LogP contribution is 2.13. The van der Waals surface area contributed by atoms with E-state index in [9.17, 15) is 4.79 Å². The molecule has 5 nitrogen and oxygen atoms in total. The highest BCUT2D eigenvalue weighted by molar-refractivity contribution is 7.09. The predicted octanol–water partition coefficient (Wildman–Crippen LogP) is 1.49. The maximum absolute atomic E-state index is 11.8. The summed E-state index contributed by atoms with van der Waals surface area (Å²) in [6, 6.07) is 0. The monoisotopic (exact) mass is 329 g/mol. The zero-order valence-electron chi connectivity index (χ0n) is 11.3. The smallest absolute Gasteiger partial charge is 0.236 e. The second kappa shape index (κ2) is 11.4. The Bertz CT molecular complexity index is 363. The van der Waals surface area contributed by atoms with E-state index in [1.165, 1.54) is 0 Å². The zero-order chi connectivity index (χ0) is 12.7. The average molecular weight is 330 g/mol. The number of ether oxygens (including phenoxy) is 1. The van der Waals surface area contributed by atoms with Gasteiger partial charge in [0.1, 0.15) is 0 Å². The van der Waals surface area contributed by atoms with Crippen LogP contribution in [-0.4, -0.2) is 49.6 Å². The Labute approximate surface area is 130 Å². The molecule has 0 bridgehead atoms. The highest BCUT2D eigenvalue weighted by Gasteiger charge is 2.11. The van der Waals surface area contributed by atoms with Gasteiger partial charge in [-0.05, 0) is 6.92 Å². The molecule has 1 aromatic rings. The number of rotatable bonds is 7. The van der Waals surface area contributed by atoms with Gasteiger partial charge in [0, 0.05) is 25.6 Å². The van der Waals surface area contributed by atoms with Gasteiger partial charge >= 0.3 is 0 Å². The van der Waals surface area contributed by atoms with Gasteiger partial charge in [0.25, 0.3) is 0 Å². The maximum Gasteiger partial charge on any atom is 0.236 e. The molecule has 0 radical (unpaired) electrons. The van der Waals surface area contributed by atoms with Crippen LogP contribution in [0.15, 0.2) is 5.51 Å². The second-order valence-corrected chi connectivity index (χ2v) is 4.72. The molecule has 0 unspecified atom stereocenters. The van der Waals surface area contributed by atoms with Crippen molar-refractivity contribution in [3.8, 4) is 0 Å². The van der Waals surface area contributed by atoms with Crippen LogP contribution in [0.25, 0.3) is 0 Å². The third kappa shape index (κ3) is 7.69. The Morgan fingerprint density at radius 3 is 2.74 bits per heavy atom. The van der Waals surface area contributed by atoms with E-state index in [1.807, 2.05) is 6.92 Å². The van der Waals surface area contributed by atoms with Crippen LogP contribution in [-0.2, 0) is 16.1 Å². The van der Waals surface area contributed by atoms with Crippen LogP contribution in [0.1, 0.15) is 10.6 Å². The first kappa shape index (κ1) is 20.9. The van der Waals surface area contributed by atoms with E-state index in [0.29, 0.717) is 26.2 Å². The van der Waals surface area contributed by atoms with Crippen LogP contribution in [0.4, 0.5) is 0 Å². The molecule has 0 spiro atoms. The van der Waals surface area contributed by atoms with E-state index in [2.05, 4.69) is 10.3 Å². The van der Waals surface area contributed by atoms with Crippen molar-refractivity contribution in [2.24, 2.45) is 0 Å². The van der Waals surface area contributed by atoms with E-state index in [0.717, 1.165) is 10.6 Å². The Balaban J connectivity index is 0. The van der Waals surface area contributed by atoms with Gasteiger partial charge < -0.3 is 15.0 Å². The van der Waals surface area contributed by atoms with Crippen molar-refractivity contribution >= 4 is 42.1 Å². The van der Waals surface area contributed by atoms with E-state index in [4.69, 9.17) is 4.74 Å². The molecule has 0 aliphatic rings. The minimum absolute atomic E-state index is 0. The van der Waals surface area contributed by atoms with Crippen molar-refractivity contribution in [2.75, 3.05) is 33.9 Å². The molecule has 8 heteroatoms. The predicted molar refractivity (Wildman–Crippen MR) is 82.6 cm³/mol. The van der Waals surface area contributed by atoms with Crippen LogP contribution < -0.4 is 5.32 Å². The topological polar surface area (TPSA) is 54.5 Å². The zero-order valence-corrected chi connectivity index (χ0v) is 13.8. The molecule has 0 aliphatic heterocycles. The van der Waals surface area contributed by atoms with E-state index in [-0.39, 0.29) is 30.7 Å². The number of thiazole rings is 1. The number of amides is 1. The Morgan fingerprint density at radius 1 is 1.53 bits per heavy atom. The highest BCUT2D eigenvalue weighted by atomic mass is 35.5. The normalized spacial score (nSPS) is 9.42. The van der Waals surface area contributed by atoms with Crippen molar-refractivity contribution in [3.05, 3.63) is 16.1 Å². The number of carbonyl (C=O) groups excluding carboxylic acids is 1. The largest absolute Gasteiger partial charge is 0.383 e. The molecule has 1 N–H and O–H groups in total. The average Bonchev–Trinajstić information content (AvgIpc) is 2.70. The quantitative estimate of drug-likeness (QED) is 0.770. The molecule has 0 aromatic carbocycles. The molecule has 112 valence electrons. The summed E-state index contributed by atoms with van der Waals surface area (Å²) >= 11 is 1.58. The molecule has 1 amide bonds. The van der Waals surface area contributed by atoms with Crippen LogP contribution in [0.3, 0.4) is 0 Å². The number of methoxy groups -OCH3 is 1. The minimum Gasteiger partial charge on any atom is -0.383 e. The number of likely N-dealkylation sites (N-methyl/N-ethyl adjacent to an activating group) is 1. The van der Waals surface area contributed by atoms with Gasteiger partial charge in [-0.2, -0.15) is 0 Å². The molecular weight excluding hydrogens is 309 g/mol. The van der Waals surface area contributed by atoms with Gasteiger partial charge in [0.15, 0.2) is 0 Å². The summed E-state index contributed by atoms with van der Waals surface area (Å²) in [5.41, 5.74) is 2.81. The number of hydrogen-bond donors (Lipinski definition) is 1. The first-order chi connectivity index (χ1) is 8.15. The summed E-state index contributed by atoms with van der Waals surface area (Å²) in [4.78, 5) is 18.8. The fourth-order valence-electron chi connectivity index (χ4n) is 1.29. The molecule has 0 atom stereocenters. The number of carbonyl (C=O) groups is 1. The van der Waals surface area contributed by atoms with Crippen LogP contribution in [0.5, 0.6) is 0 Å². The molecule has 0 saturated heterocycles. The maximum atomic E-state index is 11.8. The molecule has 19 heavy (non-hydrogen) atoms. The molecule has 0 aliphatic carbocycles. The lowest BCUT2D eigenvalue weighted by Crippen LogP contribution is -2.36. The number of aromatic nitrogens is 1. The van der Waals surface area contributed by atoms with Crippen LogP contribution in [0, 0.1) is 6.92 Å². The summed E-state index contributed by atoms with van der Waals surface area (Å²) < 4.78 is 4.89. The second-order valence-electron chi connectivity index (χ2n) is 3.78. The van der Waals surface area contributed by atoms with Gasteiger partial charge in [-0.1, -0.05) is 0 Å². The van der Waals surface area contributed by atoms with Crippen molar-refractivity contribution < 1.29 is 9.53 Å². The van der Waals surface area contributed by atoms with Crippen molar-refractivity contribution in [2.45, 2.75) is 13.5 Å². The fraction of sp³-hybridized carbons (Fsp3) is 0.636. The standard InChI is InChI=1S/C11H19N3O2S.2ClH/c1-9-10(17-8-13-9)7-14(2)11(15)6-12-4-5-16-3;;/h8,12H,4-7H2,1-3H3;2*1H. The number of hydrogen-bond acceptors (Lipinski definition) is 5. The Morgan fingerprint density at radius 2 is 2.21 bits per heavy atom. The Hall–Kier alpha value is -0.400. The molecule has 1 aromatic heterocycles. The first-order valence-corrected chi connectivity index (χ1v) is 6.35.